The minimum Gasteiger partial charge on any atom is -0.491 e. The average molecular weight is 292 g/mol. The van der Waals surface area contributed by atoms with Gasteiger partial charge in [-0.25, -0.2) is 0 Å². The number of nitrogen functional groups attached to an aromatic ring is 1. The monoisotopic (exact) mass is 292 g/mol. The molecule has 1 atom stereocenters. The van der Waals surface area contributed by atoms with Crippen molar-refractivity contribution in [1.29, 1.82) is 0 Å². The quantitative estimate of drug-likeness (QED) is 0.757. The molecule has 0 bridgehead atoms. The fourth-order valence-corrected chi connectivity index (χ4v) is 2.35. The highest BCUT2D eigenvalue weighted by molar-refractivity contribution is 5.96. The zero-order valence-electron chi connectivity index (χ0n) is 12.8. The number of rotatable bonds is 7. The van der Waals surface area contributed by atoms with E-state index in [1.807, 2.05) is 0 Å². The Morgan fingerprint density at radius 1 is 1.43 bits per heavy atom. The van der Waals surface area contributed by atoms with E-state index >= 15 is 0 Å². The van der Waals surface area contributed by atoms with Crippen molar-refractivity contribution < 1.29 is 14.3 Å². The number of ether oxygens (including phenoxy) is 2. The predicted octanol–water partition coefficient (Wildman–Crippen LogP) is 3.19. The van der Waals surface area contributed by atoms with E-state index in [4.69, 9.17) is 15.2 Å². The minimum atomic E-state index is -0.160. The smallest absolute Gasteiger partial charge is 0.262 e. The van der Waals surface area contributed by atoms with Crippen LogP contribution in [0.4, 0.5) is 11.4 Å². The third-order valence-corrected chi connectivity index (χ3v) is 3.76. The Balaban J connectivity index is 2.02. The number of fused-ring (bicyclic) bond motifs is 1. The predicted molar refractivity (Wildman–Crippen MR) is 83.8 cm³/mol. The number of anilines is 2. The first-order valence-electron chi connectivity index (χ1n) is 7.63. The Morgan fingerprint density at radius 2 is 2.24 bits per heavy atom. The topological polar surface area (TPSA) is 73.6 Å². The Bertz CT molecular complexity index is 503. The Morgan fingerprint density at radius 3 is 2.95 bits per heavy atom. The van der Waals surface area contributed by atoms with Crippen LogP contribution in [0.25, 0.3) is 0 Å². The van der Waals surface area contributed by atoms with Crippen molar-refractivity contribution in [2.24, 2.45) is 5.92 Å². The molecule has 1 aliphatic rings. The van der Waals surface area contributed by atoms with Gasteiger partial charge < -0.3 is 20.5 Å². The van der Waals surface area contributed by atoms with Gasteiger partial charge in [0.25, 0.3) is 5.91 Å². The van der Waals surface area contributed by atoms with Crippen molar-refractivity contribution in [2.75, 3.05) is 24.3 Å². The third kappa shape index (κ3) is 4.03. The normalized spacial score (nSPS) is 14.9. The van der Waals surface area contributed by atoms with E-state index in [9.17, 15) is 4.79 Å². The Hall–Kier alpha value is -1.91. The molecule has 1 aromatic carbocycles. The molecule has 0 spiro atoms. The molecule has 1 amide bonds. The van der Waals surface area contributed by atoms with Crippen molar-refractivity contribution in [1.82, 2.24) is 0 Å². The van der Waals surface area contributed by atoms with E-state index in [-0.39, 0.29) is 12.5 Å². The van der Waals surface area contributed by atoms with Crippen LogP contribution < -0.4 is 20.5 Å². The third-order valence-electron chi connectivity index (χ3n) is 3.76. The molecule has 21 heavy (non-hydrogen) atoms. The van der Waals surface area contributed by atoms with E-state index in [0.29, 0.717) is 35.4 Å². The number of amides is 1. The number of nitrogens with two attached hydrogens (primary N) is 1. The average Bonchev–Trinajstić information content (AvgIpc) is 2.48. The summed E-state index contributed by atoms with van der Waals surface area (Å²) in [5.41, 5.74) is 7.15. The summed E-state index contributed by atoms with van der Waals surface area (Å²) in [4.78, 5) is 11.3. The van der Waals surface area contributed by atoms with E-state index in [0.717, 1.165) is 12.8 Å². The second kappa shape index (κ2) is 7.20. The molecule has 0 aliphatic carbocycles. The molecular formula is C16H24N2O3. The minimum absolute atomic E-state index is 0.0293. The second-order valence-electron chi connectivity index (χ2n) is 5.45. The summed E-state index contributed by atoms with van der Waals surface area (Å²) in [6.07, 6.45) is 4.66. The van der Waals surface area contributed by atoms with Crippen LogP contribution >= 0.6 is 0 Å². The zero-order chi connectivity index (χ0) is 15.2. The van der Waals surface area contributed by atoms with Crippen LogP contribution in [0.15, 0.2) is 12.1 Å². The van der Waals surface area contributed by atoms with Crippen LogP contribution in [-0.2, 0) is 4.79 Å². The molecule has 5 nitrogen and oxygen atoms in total. The van der Waals surface area contributed by atoms with Gasteiger partial charge >= 0.3 is 0 Å². The molecule has 5 heteroatoms. The number of unbranched alkanes of at least 4 members (excludes halogenated alkanes) is 1. The van der Waals surface area contributed by atoms with Gasteiger partial charge in [-0.1, -0.05) is 33.1 Å². The lowest BCUT2D eigenvalue weighted by molar-refractivity contribution is -0.118. The Kier molecular flexibility index (Phi) is 5.31. The number of carbonyl (C=O) groups is 1. The summed E-state index contributed by atoms with van der Waals surface area (Å²) in [5.74, 6) is 1.57. The van der Waals surface area contributed by atoms with Gasteiger partial charge in [0.15, 0.2) is 6.61 Å². The van der Waals surface area contributed by atoms with E-state index in [2.05, 4.69) is 19.2 Å². The SMILES string of the molecule is CCCCC(CC)COc1cc2c(cc1N)OCC(=O)N2. The lowest BCUT2D eigenvalue weighted by Crippen LogP contribution is -2.25. The molecule has 0 fully saturated rings. The van der Waals surface area contributed by atoms with Gasteiger partial charge in [0.2, 0.25) is 0 Å². The molecule has 1 aromatic rings. The maximum Gasteiger partial charge on any atom is 0.262 e. The number of nitrogens with one attached hydrogen (secondary N) is 1. The first-order valence-corrected chi connectivity index (χ1v) is 7.63. The van der Waals surface area contributed by atoms with Crippen LogP contribution in [0.1, 0.15) is 39.5 Å². The summed E-state index contributed by atoms with van der Waals surface area (Å²) >= 11 is 0. The van der Waals surface area contributed by atoms with Crippen molar-refractivity contribution in [3.8, 4) is 11.5 Å². The molecule has 0 saturated heterocycles. The van der Waals surface area contributed by atoms with E-state index in [1.165, 1.54) is 12.8 Å². The molecule has 1 unspecified atom stereocenters. The molecule has 116 valence electrons. The molecule has 3 N–H and O–H groups in total. The lowest BCUT2D eigenvalue weighted by Gasteiger charge is -2.21. The summed E-state index contributed by atoms with van der Waals surface area (Å²) in [5, 5.41) is 2.76. The zero-order valence-corrected chi connectivity index (χ0v) is 12.8. The van der Waals surface area contributed by atoms with Gasteiger partial charge in [-0.05, 0) is 12.3 Å². The summed E-state index contributed by atoms with van der Waals surface area (Å²) in [6.45, 7) is 5.04. The maximum atomic E-state index is 11.3. The van der Waals surface area contributed by atoms with Crippen LogP contribution in [-0.4, -0.2) is 19.1 Å². The number of hydrogen-bond donors (Lipinski definition) is 2. The van der Waals surface area contributed by atoms with Gasteiger partial charge in [-0.3, -0.25) is 4.79 Å². The summed E-state index contributed by atoms with van der Waals surface area (Å²) in [6, 6.07) is 3.45. The molecule has 0 saturated carbocycles. The van der Waals surface area contributed by atoms with Crippen molar-refractivity contribution in [3.05, 3.63) is 12.1 Å². The number of benzene rings is 1. The van der Waals surface area contributed by atoms with Crippen LogP contribution in [0, 0.1) is 5.92 Å². The van der Waals surface area contributed by atoms with E-state index in [1.54, 1.807) is 12.1 Å². The van der Waals surface area contributed by atoms with Crippen molar-refractivity contribution in [2.45, 2.75) is 39.5 Å². The molecule has 0 radical (unpaired) electrons. The second-order valence-corrected chi connectivity index (χ2v) is 5.45. The number of carbonyl (C=O) groups excluding carboxylic acids is 1. The summed E-state index contributed by atoms with van der Waals surface area (Å²) < 4.78 is 11.2. The van der Waals surface area contributed by atoms with Gasteiger partial charge in [0.05, 0.1) is 18.0 Å². The first-order chi connectivity index (χ1) is 10.1. The van der Waals surface area contributed by atoms with Crippen molar-refractivity contribution in [3.63, 3.8) is 0 Å². The van der Waals surface area contributed by atoms with Gasteiger partial charge in [-0.15, -0.1) is 0 Å². The van der Waals surface area contributed by atoms with Crippen molar-refractivity contribution >= 4 is 17.3 Å². The molecular weight excluding hydrogens is 268 g/mol. The van der Waals surface area contributed by atoms with Gasteiger partial charge in [-0.2, -0.15) is 0 Å². The van der Waals surface area contributed by atoms with Gasteiger partial charge in [0.1, 0.15) is 11.5 Å². The highest BCUT2D eigenvalue weighted by atomic mass is 16.5. The molecule has 0 aromatic heterocycles. The van der Waals surface area contributed by atoms with Crippen LogP contribution in [0.3, 0.4) is 0 Å². The largest absolute Gasteiger partial charge is 0.491 e. The van der Waals surface area contributed by atoms with Crippen LogP contribution in [0.5, 0.6) is 11.5 Å². The highest BCUT2D eigenvalue weighted by Crippen LogP contribution is 2.36. The highest BCUT2D eigenvalue weighted by Gasteiger charge is 2.19. The Labute approximate surface area is 125 Å². The lowest BCUT2D eigenvalue weighted by atomic mass is 10.0. The van der Waals surface area contributed by atoms with Crippen LogP contribution in [0.2, 0.25) is 0 Å². The fraction of sp³-hybridized carbons (Fsp3) is 0.562. The molecule has 1 heterocycles. The molecule has 1 aliphatic heterocycles. The fourth-order valence-electron chi connectivity index (χ4n) is 2.35. The standard InChI is InChI=1S/C16H24N2O3/c1-3-5-6-11(4-2)9-20-14-8-13-15(7-12(14)17)21-10-16(19)18-13/h7-8,11H,3-6,9-10,17H2,1-2H3,(H,18,19). The van der Waals surface area contributed by atoms with E-state index < -0.39 is 0 Å². The number of hydrogen-bond acceptors (Lipinski definition) is 4. The molecule has 2 rings (SSSR count). The maximum absolute atomic E-state index is 11.3. The first kappa shape index (κ1) is 15.5. The van der Waals surface area contributed by atoms with Gasteiger partial charge in [0, 0.05) is 12.1 Å². The summed E-state index contributed by atoms with van der Waals surface area (Å²) in [7, 11) is 0.